The summed E-state index contributed by atoms with van der Waals surface area (Å²) in [5.41, 5.74) is 1.64. The van der Waals surface area contributed by atoms with Crippen LogP contribution in [0, 0.1) is 22.7 Å². The van der Waals surface area contributed by atoms with Crippen molar-refractivity contribution in [2.24, 2.45) is 11.3 Å². The zero-order valence-electron chi connectivity index (χ0n) is 14.8. The fourth-order valence-corrected chi connectivity index (χ4v) is 4.10. The zero-order valence-corrected chi connectivity index (χ0v) is 14.8. The number of halogens is 2. The van der Waals surface area contributed by atoms with Crippen molar-refractivity contribution in [2.45, 2.75) is 25.8 Å². The highest BCUT2D eigenvalue weighted by Gasteiger charge is 2.56. The summed E-state index contributed by atoms with van der Waals surface area (Å²) in [6, 6.07) is 5.83. The van der Waals surface area contributed by atoms with Crippen LogP contribution >= 0.6 is 0 Å². The first-order valence-electron chi connectivity index (χ1n) is 9.07. The van der Waals surface area contributed by atoms with Crippen LogP contribution in [0.1, 0.15) is 25.8 Å². The van der Waals surface area contributed by atoms with Crippen LogP contribution in [0.4, 0.5) is 14.5 Å². The number of hydrogen-bond donors (Lipinski definition) is 0. The lowest BCUT2D eigenvalue weighted by molar-refractivity contribution is -0.123. The molecule has 7 nitrogen and oxygen atoms in total. The summed E-state index contributed by atoms with van der Waals surface area (Å²) in [5.74, 6) is -0.00531. The molecule has 1 atom stereocenters. The van der Waals surface area contributed by atoms with Gasteiger partial charge in [-0.1, -0.05) is 0 Å². The van der Waals surface area contributed by atoms with E-state index in [0.717, 1.165) is 12.8 Å². The molecular formula is C19H16F2N6O. The second-order valence-corrected chi connectivity index (χ2v) is 7.33. The Bertz CT molecular complexity index is 1130. The number of carbonyl (C=O) groups is 1. The van der Waals surface area contributed by atoms with Gasteiger partial charge in [0, 0.05) is 36.3 Å². The molecule has 28 heavy (non-hydrogen) atoms. The van der Waals surface area contributed by atoms with Gasteiger partial charge in [-0.05, 0) is 37.3 Å². The Balaban J connectivity index is 1.55. The number of amides is 1. The largest absolute Gasteiger partial charge is 0.333 e. The minimum absolute atomic E-state index is 0.149. The molecule has 1 saturated heterocycles. The van der Waals surface area contributed by atoms with Gasteiger partial charge in [0.15, 0.2) is 0 Å². The number of nitriles is 1. The fourth-order valence-electron chi connectivity index (χ4n) is 4.10. The van der Waals surface area contributed by atoms with Crippen LogP contribution in [0.2, 0.25) is 0 Å². The van der Waals surface area contributed by atoms with Crippen LogP contribution in [-0.4, -0.2) is 31.8 Å². The van der Waals surface area contributed by atoms with E-state index < -0.39 is 12.0 Å². The van der Waals surface area contributed by atoms with E-state index in [9.17, 15) is 18.8 Å². The number of carbonyl (C=O) groups excluding carboxylic acids is 1. The fraction of sp³-hybridized carbons (Fsp3) is 0.368. The number of nitrogens with zero attached hydrogens (tertiary/aromatic N) is 6. The Hall–Kier alpha value is -3.28. The molecule has 1 amide bonds. The van der Waals surface area contributed by atoms with Crippen LogP contribution in [0.15, 0.2) is 36.9 Å². The molecule has 0 radical (unpaired) electrons. The molecule has 2 fully saturated rings. The molecule has 0 spiro atoms. The van der Waals surface area contributed by atoms with E-state index in [1.165, 1.54) is 12.4 Å². The molecule has 1 saturated carbocycles. The predicted octanol–water partition coefficient (Wildman–Crippen LogP) is 3.25. The number of aromatic nitrogens is 4. The predicted molar refractivity (Wildman–Crippen MR) is 95.4 cm³/mol. The van der Waals surface area contributed by atoms with Crippen LogP contribution in [0.5, 0.6) is 0 Å². The molecule has 4 heterocycles. The quantitative estimate of drug-likeness (QED) is 0.694. The first kappa shape index (κ1) is 16.9. The summed E-state index contributed by atoms with van der Waals surface area (Å²) in [7, 11) is 0. The molecule has 9 heteroatoms. The zero-order chi connectivity index (χ0) is 19.5. The average molecular weight is 382 g/mol. The van der Waals surface area contributed by atoms with Gasteiger partial charge in [0.1, 0.15) is 5.41 Å². The maximum absolute atomic E-state index is 13.1. The van der Waals surface area contributed by atoms with E-state index in [0.29, 0.717) is 40.0 Å². The van der Waals surface area contributed by atoms with Crippen LogP contribution in [-0.2, 0) is 4.79 Å². The van der Waals surface area contributed by atoms with Crippen LogP contribution in [0.25, 0.3) is 16.6 Å². The van der Waals surface area contributed by atoms with Gasteiger partial charge in [0.05, 0.1) is 23.5 Å². The van der Waals surface area contributed by atoms with Crippen LogP contribution in [0.3, 0.4) is 0 Å². The number of anilines is 1. The molecule has 0 N–H and O–H groups in total. The monoisotopic (exact) mass is 382 g/mol. The molecule has 2 aliphatic rings. The van der Waals surface area contributed by atoms with E-state index in [2.05, 4.69) is 16.3 Å². The Morgan fingerprint density at radius 1 is 1.25 bits per heavy atom. The first-order valence-corrected chi connectivity index (χ1v) is 9.07. The van der Waals surface area contributed by atoms with E-state index >= 15 is 0 Å². The third-order valence-corrected chi connectivity index (χ3v) is 5.74. The summed E-state index contributed by atoms with van der Waals surface area (Å²) in [6.07, 6.45) is 8.31. The molecule has 0 unspecified atom stereocenters. The van der Waals surface area contributed by atoms with Crippen molar-refractivity contribution in [1.82, 2.24) is 19.4 Å². The van der Waals surface area contributed by atoms with Gasteiger partial charge in [-0.3, -0.25) is 4.79 Å². The highest BCUT2D eigenvalue weighted by Crippen LogP contribution is 2.52. The van der Waals surface area contributed by atoms with Crippen molar-refractivity contribution in [3.8, 4) is 17.2 Å². The standard InChI is InChI=1S/C19H16F2N6O/c20-18(21)27-10-13(8-24-27)12-7-16-15(3-5-23-26(16)9-12)25-6-4-19(11-22,17(25)28)14-1-2-14/h3,5,7-10,14,18H,1-2,4,6H2/t19-/m1/s1. The molecule has 3 aromatic rings. The second-order valence-electron chi connectivity index (χ2n) is 7.33. The maximum Gasteiger partial charge on any atom is 0.333 e. The molecule has 142 valence electrons. The molecule has 1 aliphatic carbocycles. The van der Waals surface area contributed by atoms with Crippen molar-refractivity contribution >= 4 is 17.1 Å². The number of alkyl halides is 2. The van der Waals surface area contributed by atoms with Crippen molar-refractivity contribution < 1.29 is 13.6 Å². The van der Waals surface area contributed by atoms with E-state index in [-0.39, 0.29) is 11.8 Å². The molecule has 1 aliphatic heterocycles. The number of rotatable bonds is 4. The Kier molecular flexibility index (Phi) is 3.53. The highest BCUT2D eigenvalue weighted by molar-refractivity contribution is 6.05. The van der Waals surface area contributed by atoms with Crippen molar-refractivity contribution in [3.63, 3.8) is 0 Å². The molecular weight excluding hydrogens is 366 g/mol. The van der Waals surface area contributed by atoms with Crippen molar-refractivity contribution in [1.29, 1.82) is 5.26 Å². The van der Waals surface area contributed by atoms with Gasteiger partial charge >= 0.3 is 6.55 Å². The normalized spacial score (nSPS) is 22.4. The maximum atomic E-state index is 13.1. The highest BCUT2D eigenvalue weighted by atomic mass is 19.3. The number of hydrogen-bond acceptors (Lipinski definition) is 4. The smallest absolute Gasteiger partial charge is 0.309 e. The van der Waals surface area contributed by atoms with Gasteiger partial charge in [-0.25, -0.2) is 9.20 Å². The minimum Gasteiger partial charge on any atom is -0.309 e. The minimum atomic E-state index is -2.71. The van der Waals surface area contributed by atoms with Crippen molar-refractivity contribution in [2.75, 3.05) is 11.4 Å². The summed E-state index contributed by atoms with van der Waals surface area (Å²) < 4.78 is 27.8. The SMILES string of the molecule is N#C[C@@]1(C2CC2)CCN(c2ccnn3cc(-c4cnn(C(F)F)c4)cc23)C1=O. The topological polar surface area (TPSA) is 79.2 Å². The first-order chi connectivity index (χ1) is 13.5. The Labute approximate surface area is 158 Å². The lowest BCUT2D eigenvalue weighted by atomic mass is 9.83. The van der Waals surface area contributed by atoms with Crippen molar-refractivity contribution in [3.05, 3.63) is 36.9 Å². The lowest BCUT2D eigenvalue weighted by Gasteiger charge is -2.21. The van der Waals surface area contributed by atoms with E-state index in [1.54, 1.807) is 33.9 Å². The molecule has 5 rings (SSSR count). The van der Waals surface area contributed by atoms with Gasteiger partial charge in [0.25, 0.3) is 0 Å². The van der Waals surface area contributed by atoms with Gasteiger partial charge < -0.3 is 4.90 Å². The third-order valence-electron chi connectivity index (χ3n) is 5.74. The lowest BCUT2D eigenvalue weighted by Crippen LogP contribution is -2.35. The molecule has 0 bridgehead atoms. The second kappa shape index (κ2) is 5.86. The van der Waals surface area contributed by atoms with E-state index in [1.807, 2.05) is 0 Å². The summed E-state index contributed by atoms with van der Waals surface area (Å²) in [5, 5.41) is 17.6. The summed E-state index contributed by atoms with van der Waals surface area (Å²) in [4.78, 5) is 14.8. The Morgan fingerprint density at radius 3 is 2.75 bits per heavy atom. The van der Waals surface area contributed by atoms with Gasteiger partial charge in [0.2, 0.25) is 5.91 Å². The summed E-state index contributed by atoms with van der Waals surface area (Å²) in [6.45, 7) is -2.23. The molecule has 0 aromatic carbocycles. The third kappa shape index (κ3) is 2.34. The van der Waals surface area contributed by atoms with Gasteiger partial charge in [-0.2, -0.15) is 24.2 Å². The summed E-state index contributed by atoms with van der Waals surface area (Å²) >= 11 is 0. The number of fused-ring (bicyclic) bond motifs is 1. The molecule has 3 aromatic heterocycles. The Morgan fingerprint density at radius 2 is 2.07 bits per heavy atom. The van der Waals surface area contributed by atoms with Crippen LogP contribution < -0.4 is 4.90 Å². The van der Waals surface area contributed by atoms with E-state index in [4.69, 9.17) is 0 Å². The van der Waals surface area contributed by atoms with Gasteiger partial charge in [-0.15, -0.1) is 0 Å². The average Bonchev–Trinajstić information content (AvgIpc) is 3.15.